The van der Waals surface area contributed by atoms with Crippen LogP contribution in [-0.2, 0) is 10.0 Å². The molecule has 1 fully saturated rings. The van der Waals surface area contributed by atoms with Crippen molar-refractivity contribution in [3.63, 3.8) is 0 Å². The number of amides is 2. The first kappa shape index (κ1) is 17.1. The quantitative estimate of drug-likeness (QED) is 0.739. The van der Waals surface area contributed by atoms with Crippen molar-refractivity contribution in [1.82, 2.24) is 10.0 Å². The number of hydrogen-bond acceptors (Lipinski definition) is 3. The molecule has 0 spiro atoms. The van der Waals surface area contributed by atoms with E-state index < -0.39 is 16.1 Å². The third-order valence-corrected chi connectivity index (χ3v) is 5.11. The maximum Gasteiger partial charge on any atom is 0.319 e. The molecule has 0 heterocycles. The molecule has 8 heteroatoms. The Kier molecular flexibility index (Phi) is 6.05. The molecule has 1 aliphatic carbocycles. The van der Waals surface area contributed by atoms with Gasteiger partial charge in [0.05, 0.1) is 5.75 Å². The zero-order chi connectivity index (χ0) is 16.0. The number of carbonyl (C=O) groups excluding carboxylic acids is 1. The SMILES string of the molecule is O=C(NCCS(=O)(=O)NC1CCCC1)Nc1cccc(Cl)c1. The Hall–Kier alpha value is -1.31. The molecule has 0 aliphatic heterocycles. The monoisotopic (exact) mass is 345 g/mol. The third kappa shape index (κ3) is 5.82. The fraction of sp³-hybridized carbons (Fsp3) is 0.500. The molecule has 1 saturated carbocycles. The minimum Gasteiger partial charge on any atom is -0.337 e. The Bertz CT molecular complexity index is 616. The lowest BCUT2D eigenvalue weighted by Gasteiger charge is -2.13. The van der Waals surface area contributed by atoms with E-state index in [1.165, 1.54) is 0 Å². The lowest BCUT2D eigenvalue weighted by atomic mass is 10.3. The van der Waals surface area contributed by atoms with Crippen LogP contribution in [0.1, 0.15) is 25.7 Å². The highest BCUT2D eigenvalue weighted by atomic mass is 35.5. The predicted octanol–water partition coefficient (Wildman–Crippen LogP) is 2.32. The molecular weight excluding hydrogens is 326 g/mol. The molecule has 122 valence electrons. The molecule has 1 aromatic carbocycles. The van der Waals surface area contributed by atoms with Gasteiger partial charge in [-0.1, -0.05) is 30.5 Å². The molecular formula is C14H20ClN3O3S. The summed E-state index contributed by atoms with van der Waals surface area (Å²) in [7, 11) is -3.35. The lowest BCUT2D eigenvalue weighted by molar-refractivity contribution is 0.252. The third-order valence-electron chi connectivity index (χ3n) is 3.44. The summed E-state index contributed by atoms with van der Waals surface area (Å²) in [5, 5.41) is 5.63. The smallest absolute Gasteiger partial charge is 0.319 e. The number of nitrogens with one attached hydrogen (secondary N) is 3. The number of hydrogen-bond donors (Lipinski definition) is 3. The molecule has 3 N–H and O–H groups in total. The van der Waals surface area contributed by atoms with Crippen molar-refractivity contribution in [3.05, 3.63) is 29.3 Å². The van der Waals surface area contributed by atoms with Crippen LogP contribution >= 0.6 is 11.6 Å². The second-order valence-corrected chi connectivity index (χ2v) is 7.62. The van der Waals surface area contributed by atoms with Crippen molar-refractivity contribution in [2.75, 3.05) is 17.6 Å². The van der Waals surface area contributed by atoms with Crippen molar-refractivity contribution < 1.29 is 13.2 Å². The van der Waals surface area contributed by atoms with Crippen LogP contribution in [0, 0.1) is 0 Å². The van der Waals surface area contributed by atoms with Gasteiger partial charge in [-0.05, 0) is 31.0 Å². The van der Waals surface area contributed by atoms with E-state index in [-0.39, 0.29) is 18.3 Å². The summed E-state index contributed by atoms with van der Waals surface area (Å²) in [6.45, 7) is 0.0501. The Morgan fingerprint density at radius 3 is 2.68 bits per heavy atom. The standard InChI is InChI=1S/C14H20ClN3O3S/c15-11-4-3-7-13(10-11)17-14(19)16-8-9-22(20,21)18-12-5-1-2-6-12/h3-4,7,10,12,18H,1-2,5-6,8-9H2,(H2,16,17,19). The van der Waals surface area contributed by atoms with Gasteiger partial charge in [0.2, 0.25) is 10.0 Å². The Labute approximate surface area is 135 Å². The molecule has 0 atom stereocenters. The number of anilines is 1. The maximum absolute atomic E-state index is 11.9. The zero-order valence-electron chi connectivity index (χ0n) is 12.1. The average Bonchev–Trinajstić information content (AvgIpc) is 2.90. The second kappa shape index (κ2) is 7.80. The van der Waals surface area contributed by atoms with Crippen LogP contribution in [0.5, 0.6) is 0 Å². The lowest BCUT2D eigenvalue weighted by Crippen LogP contribution is -2.39. The minimum absolute atomic E-state index is 0.0466. The van der Waals surface area contributed by atoms with Gasteiger partial charge in [-0.2, -0.15) is 0 Å². The van der Waals surface area contributed by atoms with Gasteiger partial charge >= 0.3 is 6.03 Å². The molecule has 0 saturated heterocycles. The fourth-order valence-corrected chi connectivity index (χ4v) is 3.82. The molecule has 22 heavy (non-hydrogen) atoms. The highest BCUT2D eigenvalue weighted by Gasteiger charge is 2.21. The molecule has 6 nitrogen and oxygen atoms in total. The van der Waals surface area contributed by atoms with E-state index in [4.69, 9.17) is 11.6 Å². The highest BCUT2D eigenvalue weighted by molar-refractivity contribution is 7.89. The van der Waals surface area contributed by atoms with Gasteiger partial charge in [0, 0.05) is 23.3 Å². The van der Waals surface area contributed by atoms with Crippen LogP contribution in [-0.4, -0.2) is 32.8 Å². The van der Waals surface area contributed by atoms with Crippen LogP contribution in [0.25, 0.3) is 0 Å². The summed E-state index contributed by atoms with van der Waals surface area (Å²) in [5.41, 5.74) is 0.553. The van der Waals surface area contributed by atoms with Crippen molar-refractivity contribution >= 4 is 33.3 Å². The van der Waals surface area contributed by atoms with Crippen LogP contribution < -0.4 is 15.4 Å². The minimum atomic E-state index is -3.35. The normalized spacial score (nSPS) is 15.7. The molecule has 1 aliphatic rings. The van der Waals surface area contributed by atoms with Gasteiger partial charge in [-0.15, -0.1) is 0 Å². The predicted molar refractivity (Wildman–Crippen MR) is 87.7 cm³/mol. The van der Waals surface area contributed by atoms with Crippen molar-refractivity contribution in [1.29, 1.82) is 0 Å². The van der Waals surface area contributed by atoms with Gasteiger partial charge in [0.25, 0.3) is 0 Å². The molecule has 2 amide bonds. The van der Waals surface area contributed by atoms with E-state index in [1.54, 1.807) is 24.3 Å². The first-order valence-corrected chi connectivity index (χ1v) is 9.28. The molecule has 2 rings (SSSR count). The summed E-state index contributed by atoms with van der Waals surface area (Å²) in [6.07, 6.45) is 3.91. The number of sulfonamides is 1. The van der Waals surface area contributed by atoms with Gasteiger partial charge < -0.3 is 10.6 Å². The summed E-state index contributed by atoms with van der Waals surface area (Å²) in [6, 6.07) is 6.31. The number of benzene rings is 1. The largest absolute Gasteiger partial charge is 0.337 e. The van der Waals surface area contributed by atoms with E-state index >= 15 is 0 Å². The Balaban J connectivity index is 1.72. The van der Waals surface area contributed by atoms with E-state index in [2.05, 4.69) is 15.4 Å². The van der Waals surface area contributed by atoms with E-state index in [9.17, 15) is 13.2 Å². The fourth-order valence-electron chi connectivity index (χ4n) is 2.40. The number of urea groups is 1. The van der Waals surface area contributed by atoms with Crippen molar-refractivity contribution in [2.24, 2.45) is 0 Å². The Morgan fingerprint density at radius 1 is 1.27 bits per heavy atom. The van der Waals surface area contributed by atoms with Crippen molar-refractivity contribution in [3.8, 4) is 0 Å². The highest BCUT2D eigenvalue weighted by Crippen LogP contribution is 2.18. The average molecular weight is 346 g/mol. The van der Waals surface area contributed by atoms with Gasteiger partial charge in [0.15, 0.2) is 0 Å². The van der Waals surface area contributed by atoms with Crippen LogP contribution in [0.15, 0.2) is 24.3 Å². The molecule has 0 radical (unpaired) electrons. The second-order valence-electron chi connectivity index (χ2n) is 5.31. The molecule has 0 unspecified atom stereocenters. The number of halogens is 1. The summed E-state index contributed by atoms with van der Waals surface area (Å²) in [4.78, 5) is 11.7. The maximum atomic E-state index is 11.9. The number of carbonyl (C=O) groups is 1. The topological polar surface area (TPSA) is 87.3 Å². The van der Waals surface area contributed by atoms with Crippen LogP contribution in [0.4, 0.5) is 10.5 Å². The van der Waals surface area contributed by atoms with Crippen molar-refractivity contribution in [2.45, 2.75) is 31.7 Å². The van der Waals surface area contributed by atoms with Crippen LogP contribution in [0.3, 0.4) is 0 Å². The molecule has 0 aromatic heterocycles. The molecule has 0 bridgehead atoms. The summed E-state index contributed by atoms with van der Waals surface area (Å²) >= 11 is 5.81. The Morgan fingerprint density at radius 2 is 2.00 bits per heavy atom. The summed E-state index contributed by atoms with van der Waals surface area (Å²) < 4.78 is 26.4. The number of rotatable bonds is 6. The van der Waals surface area contributed by atoms with Gasteiger partial charge in [0.1, 0.15) is 0 Å². The zero-order valence-corrected chi connectivity index (χ0v) is 13.7. The van der Waals surface area contributed by atoms with E-state index in [0.29, 0.717) is 10.7 Å². The first-order valence-electron chi connectivity index (χ1n) is 7.25. The van der Waals surface area contributed by atoms with Gasteiger partial charge in [-0.3, -0.25) is 0 Å². The first-order chi connectivity index (χ1) is 10.4. The van der Waals surface area contributed by atoms with E-state index in [1.807, 2.05) is 0 Å². The van der Waals surface area contributed by atoms with Gasteiger partial charge in [-0.25, -0.2) is 17.9 Å². The van der Waals surface area contributed by atoms with E-state index in [0.717, 1.165) is 25.7 Å². The van der Waals surface area contributed by atoms with Crippen LogP contribution in [0.2, 0.25) is 5.02 Å². The summed E-state index contributed by atoms with van der Waals surface area (Å²) in [5.74, 6) is -0.132. The molecule has 1 aromatic rings.